The summed E-state index contributed by atoms with van der Waals surface area (Å²) in [7, 11) is 0. The molecule has 0 fully saturated rings. The third kappa shape index (κ3) is 3.31. The molecule has 1 heterocycles. The van der Waals surface area contributed by atoms with Crippen molar-refractivity contribution in [3.8, 4) is 5.69 Å². The van der Waals surface area contributed by atoms with E-state index in [9.17, 15) is 10.1 Å². The number of benzene rings is 1. The summed E-state index contributed by atoms with van der Waals surface area (Å²) in [5.74, 6) is 0. The van der Waals surface area contributed by atoms with E-state index in [-0.39, 0.29) is 10.7 Å². The van der Waals surface area contributed by atoms with Gasteiger partial charge in [0.15, 0.2) is 0 Å². The van der Waals surface area contributed by atoms with Crippen LogP contribution < -0.4 is 5.32 Å². The molecule has 8 heteroatoms. The van der Waals surface area contributed by atoms with Gasteiger partial charge in [-0.3, -0.25) is 10.1 Å². The summed E-state index contributed by atoms with van der Waals surface area (Å²) >= 11 is 5.87. The standard InChI is InChI=1S/C12H14ClN5O2/c1-8(2)14-6-9-7-17(16-15-9)10-3-4-12(18(19)20)11(13)5-10/h3-5,7-8,14H,6H2,1-2H3. The van der Waals surface area contributed by atoms with Crippen molar-refractivity contribution in [2.75, 3.05) is 0 Å². The number of hydrogen-bond acceptors (Lipinski definition) is 5. The van der Waals surface area contributed by atoms with E-state index in [2.05, 4.69) is 15.6 Å². The highest BCUT2D eigenvalue weighted by molar-refractivity contribution is 6.32. The second-order valence-corrected chi connectivity index (χ2v) is 4.99. The van der Waals surface area contributed by atoms with Crippen LogP contribution in [0.1, 0.15) is 19.5 Å². The summed E-state index contributed by atoms with van der Waals surface area (Å²) in [6.07, 6.45) is 1.76. The Balaban J connectivity index is 2.20. The zero-order chi connectivity index (χ0) is 14.7. The molecule has 1 N–H and O–H groups in total. The molecule has 0 atom stereocenters. The Kier molecular flexibility index (Phi) is 4.31. The Hall–Kier alpha value is -1.99. The number of nitrogens with zero attached hydrogens (tertiary/aromatic N) is 4. The summed E-state index contributed by atoms with van der Waals surface area (Å²) in [4.78, 5) is 10.2. The first-order chi connectivity index (χ1) is 9.47. The normalized spacial score (nSPS) is 11.0. The average molecular weight is 296 g/mol. The van der Waals surface area contributed by atoms with Gasteiger partial charge in [-0.2, -0.15) is 0 Å². The fourth-order valence-electron chi connectivity index (χ4n) is 1.60. The van der Waals surface area contributed by atoms with Gasteiger partial charge < -0.3 is 5.32 Å². The van der Waals surface area contributed by atoms with Crippen LogP contribution in [0.2, 0.25) is 5.02 Å². The van der Waals surface area contributed by atoms with Crippen LogP contribution in [0.25, 0.3) is 5.69 Å². The van der Waals surface area contributed by atoms with Crippen molar-refractivity contribution in [1.82, 2.24) is 20.3 Å². The fraction of sp³-hybridized carbons (Fsp3) is 0.333. The first-order valence-corrected chi connectivity index (χ1v) is 6.44. The van der Waals surface area contributed by atoms with Crippen molar-refractivity contribution >= 4 is 17.3 Å². The molecule has 0 radical (unpaired) electrons. The van der Waals surface area contributed by atoms with Gasteiger partial charge in [0.1, 0.15) is 5.02 Å². The zero-order valence-electron chi connectivity index (χ0n) is 11.1. The SMILES string of the molecule is CC(C)NCc1cn(-c2ccc([N+](=O)[O-])c(Cl)c2)nn1. The van der Waals surface area contributed by atoms with Gasteiger partial charge in [0.05, 0.1) is 22.5 Å². The Morgan fingerprint density at radius 3 is 2.85 bits per heavy atom. The molecule has 0 amide bonds. The lowest BCUT2D eigenvalue weighted by atomic mass is 10.3. The molecule has 0 unspecified atom stereocenters. The van der Waals surface area contributed by atoms with E-state index in [1.165, 1.54) is 16.8 Å². The third-order valence-corrected chi connectivity index (χ3v) is 2.93. The summed E-state index contributed by atoms with van der Waals surface area (Å²) in [5.41, 5.74) is 1.29. The van der Waals surface area contributed by atoms with Crippen LogP contribution in [0, 0.1) is 10.1 Å². The van der Waals surface area contributed by atoms with Crippen LogP contribution in [0.3, 0.4) is 0 Å². The maximum atomic E-state index is 10.7. The van der Waals surface area contributed by atoms with E-state index in [4.69, 9.17) is 11.6 Å². The molecule has 0 bridgehead atoms. The van der Waals surface area contributed by atoms with E-state index in [1.54, 1.807) is 12.3 Å². The van der Waals surface area contributed by atoms with Crippen LogP contribution >= 0.6 is 11.6 Å². The quantitative estimate of drug-likeness (QED) is 0.676. The molecule has 2 aromatic rings. The minimum absolute atomic E-state index is 0.0739. The number of rotatable bonds is 5. The van der Waals surface area contributed by atoms with Gasteiger partial charge in [-0.1, -0.05) is 30.7 Å². The summed E-state index contributed by atoms with van der Waals surface area (Å²) in [5, 5.41) is 22.0. The fourth-order valence-corrected chi connectivity index (χ4v) is 1.84. The largest absolute Gasteiger partial charge is 0.309 e. The molecule has 0 saturated heterocycles. The monoisotopic (exact) mass is 295 g/mol. The van der Waals surface area contributed by atoms with E-state index < -0.39 is 4.92 Å². The van der Waals surface area contributed by atoms with Crippen molar-refractivity contribution in [2.45, 2.75) is 26.4 Å². The topological polar surface area (TPSA) is 85.9 Å². The van der Waals surface area contributed by atoms with E-state index in [1.807, 2.05) is 13.8 Å². The first kappa shape index (κ1) is 14.4. The Morgan fingerprint density at radius 2 is 2.25 bits per heavy atom. The number of nitrogens with one attached hydrogen (secondary N) is 1. The molecular formula is C12H14ClN5O2. The number of aromatic nitrogens is 3. The smallest absolute Gasteiger partial charge is 0.288 e. The Morgan fingerprint density at radius 1 is 1.50 bits per heavy atom. The van der Waals surface area contributed by atoms with Crippen LogP contribution in [0.5, 0.6) is 0 Å². The lowest BCUT2D eigenvalue weighted by molar-refractivity contribution is -0.384. The molecule has 0 aliphatic heterocycles. The molecule has 7 nitrogen and oxygen atoms in total. The highest BCUT2D eigenvalue weighted by Crippen LogP contribution is 2.26. The van der Waals surface area contributed by atoms with Crippen LogP contribution in [-0.4, -0.2) is 26.0 Å². The maximum absolute atomic E-state index is 10.7. The van der Waals surface area contributed by atoms with E-state index in [0.717, 1.165) is 5.69 Å². The lowest BCUT2D eigenvalue weighted by Crippen LogP contribution is -2.21. The summed E-state index contributed by atoms with van der Waals surface area (Å²) < 4.78 is 1.53. The predicted octanol–water partition coefficient (Wildman–Crippen LogP) is 2.33. The van der Waals surface area contributed by atoms with Crippen molar-refractivity contribution < 1.29 is 4.92 Å². The first-order valence-electron chi connectivity index (χ1n) is 6.06. The number of halogens is 1. The molecule has 106 valence electrons. The average Bonchev–Trinajstić information content (AvgIpc) is 2.84. The number of nitro benzene ring substituents is 1. The highest BCUT2D eigenvalue weighted by Gasteiger charge is 2.13. The zero-order valence-corrected chi connectivity index (χ0v) is 11.8. The van der Waals surface area contributed by atoms with Gasteiger partial charge >= 0.3 is 0 Å². The minimum Gasteiger partial charge on any atom is -0.309 e. The summed E-state index contributed by atoms with van der Waals surface area (Å²) in [6.45, 7) is 4.69. The van der Waals surface area contributed by atoms with Crippen LogP contribution in [-0.2, 0) is 6.54 Å². The summed E-state index contributed by atoms with van der Waals surface area (Å²) in [6, 6.07) is 4.78. The van der Waals surface area contributed by atoms with Gasteiger partial charge in [-0.25, -0.2) is 4.68 Å². The molecule has 2 rings (SSSR count). The number of nitro groups is 1. The lowest BCUT2D eigenvalue weighted by Gasteiger charge is -2.04. The van der Waals surface area contributed by atoms with Gasteiger partial charge in [0, 0.05) is 18.7 Å². The molecule has 0 spiro atoms. The molecule has 20 heavy (non-hydrogen) atoms. The molecule has 0 aliphatic rings. The molecule has 0 aliphatic carbocycles. The Labute approximate surface area is 120 Å². The van der Waals surface area contributed by atoms with Crippen molar-refractivity contribution in [3.05, 3.63) is 45.2 Å². The van der Waals surface area contributed by atoms with Gasteiger partial charge in [-0.05, 0) is 12.1 Å². The van der Waals surface area contributed by atoms with Gasteiger partial charge in [-0.15, -0.1) is 5.10 Å². The van der Waals surface area contributed by atoms with Crippen LogP contribution in [0.15, 0.2) is 24.4 Å². The van der Waals surface area contributed by atoms with Gasteiger partial charge in [0.25, 0.3) is 5.69 Å². The van der Waals surface area contributed by atoms with E-state index >= 15 is 0 Å². The van der Waals surface area contributed by atoms with Crippen molar-refractivity contribution in [2.24, 2.45) is 0 Å². The minimum atomic E-state index is -0.522. The third-order valence-electron chi connectivity index (χ3n) is 2.62. The second-order valence-electron chi connectivity index (χ2n) is 4.58. The second kappa shape index (κ2) is 5.98. The van der Waals surface area contributed by atoms with Gasteiger partial charge in [0.2, 0.25) is 0 Å². The van der Waals surface area contributed by atoms with Crippen molar-refractivity contribution in [3.63, 3.8) is 0 Å². The van der Waals surface area contributed by atoms with E-state index in [0.29, 0.717) is 18.3 Å². The highest BCUT2D eigenvalue weighted by atomic mass is 35.5. The Bertz CT molecular complexity index is 626. The molecule has 0 saturated carbocycles. The number of hydrogen-bond donors (Lipinski definition) is 1. The molecular weight excluding hydrogens is 282 g/mol. The molecule has 1 aromatic heterocycles. The predicted molar refractivity (Wildman–Crippen MR) is 75.0 cm³/mol. The molecule has 1 aromatic carbocycles. The van der Waals surface area contributed by atoms with Crippen molar-refractivity contribution in [1.29, 1.82) is 0 Å². The maximum Gasteiger partial charge on any atom is 0.288 e. The van der Waals surface area contributed by atoms with Crippen LogP contribution in [0.4, 0.5) is 5.69 Å².